The molecule has 1 N–H and O–H groups in total. The molecule has 2 heterocycles. The summed E-state index contributed by atoms with van der Waals surface area (Å²) in [4.78, 5) is 18.6. The Hall–Kier alpha value is -2.28. The van der Waals surface area contributed by atoms with Gasteiger partial charge in [0, 0.05) is 17.8 Å². The Kier molecular flexibility index (Phi) is 3.91. The largest absolute Gasteiger partial charge is 0.417 e. The van der Waals surface area contributed by atoms with Crippen molar-refractivity contribution in [3.8, 4) is 11.3 Å². The third-order valence-electron chi connectivity index (χ3n) is 3.67. The fourth-order valence-electron chi connectivity index (χ4n) is 2.60. The van der Waals surface area contributed by atoms with Crippen LogP contribution in [0.15, 0.2) is 35.3 Å². The van der Waals surface area contributed by atoms with Crippen LogP contribution < -0.4 is 5.69 Å². The Balaban J connectivity index is 2.12. The molecule has 1 aromatic carbocycles. The number of rotatable bonds is 2. The van der Waals surface area contributed by atoms with Crippen molar-refractivity contribution in [1.82, 2.24) is 14.5 Å². The van der Waals surface area contributed by atoms with E-state index < -0.39 is 11.7 Å². The molecular formula is C16H13ClF3N3O. The molecule has 0 fully saturated rings. The van der Waals surface area contributed by atoms with Crippen molar-refractivity contribution in [3.05, 3.63) is 51.5 Å². The molecule has 0 bridgehead atoms. The summed E-state index contributed by atoms with van der Waals surface area (Å²) in [5.74, 6) is 0. The first kappa shape index (κ1) is 16.6. The highest BCUT2D eigenvalue weighted by Gasteiger charge is 2.31. The van der Waals surface area contributed by atoms with Crippen LogP contribution >= 0.6 is 11.6 Å². The maximum absolute atomic E-state index is 12.7. The predicted octanol–water partition coefficient (Wildman–Crippen LogP) is 4.64. The lowest BCUT2D eigenvalue weighted by atomic mass is 10.1. The Labute approximate surface area is 139 Å². The average Bonchev–Trinajstić information content (AvgIpc) is 2.81. The van der Waals surface area contributed by atoms with Crippen molar-refractivity contribution in [1.29, 1.82) is 0 Å². The summed E-state index contributed by atoms with van der Waals surface area (Å²) in [7, 11) is 0. The van der Waals surface area contributed by atoms with Gasteiger partial charge < -0.3 is 4.98 Å². The number of alkyl halides is 3. The summed E-state index contributed by atoms with van der Waals surface area (Å²) in [5, 5.41) is -0.102. The van der Waals surface area contributed by atoms with Crippen LogP contribution in [0, 0.1) is 0 Å². The molecule has 126 valence electrons. The normalized spacial score (nSPS) is 12.3. The first-order chi connectivity index (χ1) is 11.2. The molecule has 0 saturated heterocycles. The topological polar surface area (TPSA) is 50.7 Å². The summed E-state index contributed by atoms with van der Waals surface area (Å²) in [6.07, 6.45) is -3.76. The van der Waals surface area contributed by atoms with Gasteiger partial charge in [-0.25, -0.2) is 4.79 Å². The lowest BCUT2D eigenvalue weighted by molar-refractivity contribution is -0.137. The zero-order valence-electron chi connectivity index (χ0n) is 12.8. The van der Waals surface area contributed by atoms with Crippen LogP contribution in [0.2, 0.25) is 5.02 Å². The number of hydrogen-bond acceptors (Lipinski definition) is 2. The number of halogens is 4. The molecule has 0 atom stereocenters. The van der Waals surface area contributed by atoms with E-state index in [9.17, 15) is 18.0 Å². The molecule has 0 saturated carbocycles. The maximum atomic E-state index is 12.7. The zero-order valence-corrected chi connectivity index (χ0v) is 13.5. The first-order valence-corrected chi connectivity index (χ1v) is 7.53. The molecule has 0 unspecified atom stereocenters. The predicted molar refractivity (Wildman–Crippen MR) is 86.2 cm³/mol. The van der Waals surface area contributed by atoms with Gasteiger partial charge in [-0.1, -0.05) is 17.7 Å². The highest BCUT2D eigenvalue weighted by molar-refractivity contribution is 6.33. The van der Waals surface area contributed by atoms with Crippen LogP contribution in [-0.2, 0) is 6.18 Å². The van der Waals surface area contributed by atoms with E-state index in [0.29, 0.717) is 16.6 Å². The summed E-state index contributed by atoms with van der Waals surface area (Å²) in [5.41, 5.74) is 0.883. The van der Waals surface area contributed by atoms with E-state index in [1.54, 1.807) is 22.8 Å². The molecule has 0 aliphatic carbocycles. The number of aromatic amines is 1. The third kappa shape index (κ3) is 2.80. The smallest absolute Gasteiger partial charge is 0.306 e. The van der Waals surface area contributed by atoms with Gasteiger partial charge in [0.15, 0.2) is 0 Å². The van der Waals surface area contributed by atoms with Crippen molar-refractivity contribution in [2.24, 2.45) is 0 Å². The van der Waals surface area contributed by atoms with Crippen molar-refractivity contribution in [3.63, 3.8) is 0 Å². The van der Waals surface area contributed by atoms with Gasteiger partial charge in [0.1, 0.15) is 0 Å². The van der Waals surface area contributed by atoms with Crippen molar-refractivity contribution < 1.29 is 13.2 Å². The van der Waals surface area contributed by atoms with Gasteiger partial charge >= 0.3 is 11.9 Å². The minimum Gasteiger partial charge on any atom is -0.306 e. The van der Waals surface area contributed by atoms with Gasteiger partial charge in [0.2, 0.25) is 0 Å². The summed E-state index contributed by atoms with van der Waals surface area (Å²) < 4.78 is 39.7. The zero-order chi connectivity index (χ0) is 17.6. The molecule has 0 spiro atoms. The Morgan fingerprint density at radius 1 is 1.25 bits per heavy atom. The molecule has 3 aromatic rings. The summed E-state index contributed by atoms with van der Waals surface area (Å²) in [6.45, 7) is 3.77. The third-order valence-corrected chi connectivity index (χ3v) is 3.96. The Morgan fingerprint density at radius 2 is 1.96 bits per heavy atom. The van der Waals surface area contributed by atoms with E-state index >= 15 is 0 Å². The SMILES string of the molecule is CC(C)n1c(=O)[nH]c2cc(-c3ncc(C(F)(F)F)cc3Cl)ccc21. The number of nitrogens with zero attached hydrogens (tertiary/aromatic N) is 2. The lowest BCUT2D eigenvalue weighted by Gasteiger charge is -2.10. The standard InChI is InChI=1S/C16H13ClF3N3O/c1-8(2)23-13-4-3-9(5-12(13)22-15(23)24)14-11(17)6-10(7-21-14)16(18,19)20/h3-8H,1-2H3,(H,22,24). The van der Waals surface area contributed by atoms with Gasteiger partial charge in [0.05, 0.1) is 27.3 Å². The van der Waals surface area contributed by atoms with E-state index in [4.69, 9.17) is 11.6 Å². The van der Waals surface area contributed by atoms with Gasteiger partial charge in [-0.15, -0.1) is 0 Å². The molecular weight excluding hydrogens is 343 g/mol. The van der Waals surface area contributed by atoms with Crippen molar-refractivity contribution >= 4 is 22.6 Å². The van der Waals surface area contributed by atoms with Crippen molar-refractivity contribution in [2.75, 3.05) is 0 Å². The minimum atomic E-state index is -4.50. The molecule has 3 rings (SSSR count). The number of benzene rings is 1. The highest BCUT2D eigenvalue weighted by Crippen LogP contribution is 2.34. The molecule has 2 aromatic heterocycles. The van der Waals surface area contributed by atoms with E-state index in [-0.39, 0.29) is 22.4 Å². The highest BCUT2D eigenvalue weighted by atomic mass is 35.5. The van der Waals surface area contributed by atoms with Gasteiger partial charge in [0.25, 0.3) is 0 Å². The molecule has 0 aliphatic heterocycles. The number of H-pyrrole nitrogens is 1. The summed E-state index contributed by atoms with van der Waals surface area (Å²) >= 11 is 5.97. The second-order valence-corrected chi connectivity index (χ2v) is 6.09. The quantitative estimate of drug-likeness (QED) is 0.727. The average molecular weight is 356 g/mol. The van der Waals surface area contributed by atoms with E-state index in [0.717, 1.165) is 12.3 Å². The Bertz CT molecular complexity index is 973. The maximum Gasteiger partial charge on any atom is 0.417 e. The molecule has 4 nitrogen and oxygen atoms in total. The molecule has 0 amide bonds. The van der Waals surface area contributed by atoms with Crippen LogP contribution in [0.5, 0.6) is 0 Å². The fourth-order valence-corrected chi connectivity index (χ4v) is 2.87. The first-order valence-electron chi connectivity index (χ1n) is 7.16. The monoisotopic (exact) mass is 355 g/mol. The van der Waals surface area contributed by atoms with Crippen LogP contribution in [0.3, 0.4) is 0 Å². The van der Waals surface area contributed by atoms with Gasteiger partial charge in [-0.2, -0.15) is 13.2 Å². The number of aromatic nitrogens is 3. The van der Waals surface area contributed by atoms with Crippen LogP contribution in [0.1, 0.15) is 25.5 Å². The second kappa shape index (κ2) is 5.66. The molecule has 8 heteroatoms. The fraction of sp³-hybridized carbons (Fsp3) is 0.250. The molecule has 0 radical (unpaired) electrons. The van der Waals surface area contributed by atoms with Crippen molar-refractivity contribution in [2.45, 2.75) is 26.1 Å². The number of pyridine rings is 1. The van der Waals surface area contributed by atoms with Gasteiger partial charge in [-0.05, 0) is 32.0 Å². The second-order valence-electron chi connectivity index (χ2n) is 5.68. The minimum absolute atomic E-state index is 0.0233. The van der Waals surface area contributed by atoms with Gasteiger partial charge in [-0.3, -0.25) is 9.55 Å². The summed E-state index contributed by atoms with van der Waals surface area (Å²) in [6, 6.07) is 5.87. The van der Waals surface area contributed by atoms with Crippen LogP contribution in [0.25, 0.3) is 22.3 Å². The lowest BCUT2D eigenvalue weighted by Crippen LogP contribution is -2.18. The Morgan fingerprint density at radius 3 is 2.54 bits per heavy atom. The van der Waals surface area contributed by atoms with E-state index in [1.165, 1.54) is 0 Å². The molecule has 24 heavy (non-hydrogen) atoms. The number of imidazole rings is 1. The number of fused-ring (bicyclic) bond motifs is 1. The number of nitrogens with one attached hydrogen (secondary N) is 1. The number of hydrogen-bond donors (Lipinski definition) is 1. The van der Waals surface area contributed by atoms with E-state index in [2.05, 4.69) is 9.97 Å². The van der Waals surface area contributed by atoms with Crippen LogP contribution in [0.4, 0.5) is 13.2 Å². The van der Waals surface area contributed by atoms with Crippen LogP contribution in [-0.4, -0.2) is 14.5 Å². The molecule has 0 aliphatic rings. The van der Waals surface area contributed by atoms with E-state index in [1.807, 2.05) is 13.8 Å².